The van der Waals surface area contributed by atoms with Gasteiger partial charge in [0.2, 0.25) is 0 Å². The average Bonchev–Trinajstić information content (AvgIpc) is 2.39. The molecule has 0 spiro atoms. The molecule has 1 aliphatic heterocycles. The Hall–Kier alpha value is -1.88. The van der Waals surface area contributed by atoms with Crippen LogP contribution in [0.5, 0.6) is 0 Å². The molecule has 0 aromatic heterocycles. The SMILES string of the molecule is CC(=O)c1cccc(N2CCN(C)C(C(=O)O)C2)c1. The number of carbonyl (C=O) groups is 2. The second-order valence-corrected chi connectivity index (χ2v) is 4.89. The lowest BCUT2D eigenvalue weighted by Crippen LogP contribution is -2.55. The summed E-state index contributed by atoms with van der Waals surface area (Å²) in [5.74, 6) is -0.791. The molecule has 0 aliphatic carbocycles. The van der Waals surface area contributed by atoms with Crippen LogP contribution in [0.15, 0.2) is 24.3 Å². The van der Waals surface area contributed by atoms with E-state index in [9.17, 15) is 14.7 Å². The molecule has 0 bridgehead atoms. The molecule has 1 unspecified atom stereocenters. The molecule has 1 aromatic rings. The van der Waals surface area contributed by atoms with Crippen LogP contribution in [0.2, 0.25) is 0 Å². The van der Waals surface area contributed by atoms with Gasteiger partial charge in [0.25, 0.3) is 0 Å². The zero-order valence-electron chi connectivity index (χ0n) is 11.2. The van der Waals surface area contributed by atoms with Crippen molar-refractivity contribution >= 4 is 17.4 Å². The van der Waals surface area contributed by atoms with Gasteiger partial charge in [0, 0.05) is 30.9 Å². The number of benzene rings is 1. The van der Waals surface area contributed by atoms with Gasteiger partial charge in [-0.2, -0.15) is 0 Å². The number of rotatable bonds is 3. The second kappa shape index (κ2) is 5.40. The average molecular weight is 262 g/mol. The van der Waals surface area contributed by atoms with Crippen LogP contribution in [0.3, 0.4) is 0 Å². The maximum atomic E-state index is 11.4. The predicted molar refractivity (Wildman–Crippen MR) is 72.7 cm³/mol. The lowest BCUT2D eigenvalue weighted by atomic mass is 10.1. The van der Waals surface area contributed by atoms with Gasteiger partial charge in [-0.05, 0) is 26.1 Å². The smallest absolute Gasteiger partial charge is 0.322 e. The fraction of sp³-hybridized carbons (Fsp3) is 0.429. The molecule has 1 N–H and O–H groups in total. The fourth-order valence-electron chi connectivity index (χ4n) is 2.30. The van der Waals surface area contributed by atoms with Crippen molar-refractivity contribution in [3.05, 3.63) is 29.8 Å². The number of Topliss-reactive ketones (excluding diaryl/α,β-unsaturated/α-hetero) is 1. The Morgan fingerprint density at radius 3 is 2.68 bits per heavy atom. The number of ketones is 1. The molecular weight excluding hydrogens is 244 g/mol. The van der Waals surface area contributed by atoms with Gasteiger partial charge < -0.3 is 10.0 Å². The van der Waals surface area contributed by atoms with E-state index >= 15 is 0 Å². The molecule has 1 atom stereocenters. The van der Waals surface area contributed by atoms with E-state index < -0.39 is 12.0 Å². The van der Waals surface area contributed by atoms with Gasteiger partial charge in [-0.1, -0.05) is 12.1 Å². The Morgan fingerprint density at radius 2 is 2.05 bits per heavy atom. The third-order valence-corrected chi connectivity index (χ3v) is 3.55. The van der Waals surface area contributed by atoms with Crippen LogP contribution >= 0.6 is 0 Å². The highest BCUT2D eigenvalue weighted by Crippen LogP contribution is 2.20. The summed E-state index contributed by atoms with van der Waals surface area (Å²) in [6.45, 7) is 3.43. The molecule has 5 heteroatoms. The van der Waals surface area contributed by atoms with E-state index in [0.717, 1.165) is 12.2 Å². The first-order chi connectivity index (χ1) is 8.99. The van der Waals surface area contributed by atoms with Crippen LogP contribution in [0, 0.1) is 0 Å². The largest absolute Gasteiger partial charge is 0.480 e. The van der Waals surface area contributed by atoms with Gasteiger partial charge in [-0.3, -0.25) is 14.5 Å². The minimum atomic E-state index is -0.810. The van der Waals surface area contributed by atoms with Crippen molar-refractivity contribution in [2.75, 3.05) is 31.6 Å². The van der Waals surface area contributed by atoms with Crippen LogP contribution < -0.4 is 4.90 Å². The third-order valence-electron chi connectivity index (χ3n) is 3.55. The standard InChI is InChI=1S/C14H18N2O3/c1-10(17)11-4-3-5-12(8-11)16-7-6-15(2)13(9-16)14(18)19/h3-5,8,13H,6-7,9H2,1-2H3,(H,18,19). The van der Waals surface area contributed by atoms with Crippen molar-refractivity contribution in [1.29, 1.82) is 0 Å². The van der Waals surface area contributed by atoms with Crippen molar-refractivity contribution in [3.8, 4) is 0 Å². The molecule has 0 amide bonds. The Labute approximate surface area is 112 Å². The first-order valence-corrected chi connectivity index (χ1v) is 6.28. The number of carboxylic acids is 1. The highest BCUT2D eigenvalue weighted by atomic mass is 16.4. The molecule has 0 saturated carbocycles. The number of aliphatic carboxylic acids is 1. The second-order valence-electron chi connectivity index (χ2n) is 4.89. The Morgan fingerprint density at radius 1 is 1.32 bits per heavy atom. The van der Waals surface area contributed by atoms with Crippen molar-refractivity contribution < 1.29 is 14.7 Å². The lowest BCUT2D eigenvalue weighted by Gasteiger charge is -2.38. The fourth-order valence-corrected chi connectivity index (χ4v) is 2.30. The van der Waals surface area contributed by atoms with E-state index in [2.05, 4.69) is 0 Å². The summed E-state index contributed by atoms with van der Waals surface area (Å²) in [5, 5.41) is 9.19. The zero-order valence-corrected chi connectivity index (χ0v) is 11.2. The molecule has 1 saturated heterocycles. The number of piperazine rings is 1. The van der Waals surface area contributed by atoms with E-state index in [1.807, 2.05) is 35.0 Å². The molecule has 0 radical (unpaired) electrons. The summed E-state index contributed by atoms with van der Waals surface area (Å²) in [5.41, 5.74) is 1.57. The molecule has 1 aromatic carbocycles. The Kier molecular flexibility index (Phi) is 3.85. The normalized spacial score (nSPS) is 20.3. The Balaban J connectivity index is 2.20. The van der Waals surface area contributed by atoms with E-state index in [-0.39, 0.29) is 5.78 Å². The number of hydrogen-bond acceptors (Lipinski definition) is 4. The lowest BCUT2D eigenvalue weighted by molar-refractivity contribution is -0.142. The van der Waals surface area contributed by atoms with E-state index in [1.54, 1.807) is 6.07 Å². The molecule has 102 valence electrons. The number of nitrogens with zero attached hydrogens (tertiary/aromatic N) is 2. The first-order valence-electron chi connectivity index (χ1n) is 6.28. The van der Waals surface area contributed by atoms with Crippen LogP contribution in [0.1, 0.15) is 17.3 Å². The zero-order chi connectivity index (χ0) is 14.0. The van der Waals surface area contributed by atoms with Crippen LogP contribution in [-0.2, 0) is 4.79 Å². The van der Waals surface area contributed by atoms with Crippen LogP contribution in [0.4, 0.5) is 5.69 Å². The van der Waals surface area contributed by atoms with Crippen LogP contribution in [0.25, 0.3) is 0 Å². The first kappa shape index (κ1) is 13.5. The molecule has 1 aliphatic rings. The minimum absolute atomic E-state index is 0.0192. The van der Waals surface area contributed by atoms with Crippen molar-refractivity contribution in [2.45, 2.75) is 13.0 Å². The minimum Gasteiger partial charge on any atom is -0.480 e. The van der Waals surface area contributed by atoms with Crippen molar-refractivity contribution in [3.63, 3.8) is 0 Å². The van der Waals surface area contributed by atoms with Gasteiger partial charge in [-0.15, -0.1) is 0 Å². The van der Waals surface area contributed by atoms with Gasteiger partial charge >= 0.3 is 5.97 Å². The maximum absolute atomic E-state index is 11.4. The Bertz CT molecular complexity index is 501. The summed E-state index contributed by atoms with van der Waals surface area (Å²) in [6, 6.07) is 6.84. The van der Waals surface area contributed by atoms with E-state index in [1.165, 1.54) is 6.92 Å². The predicted octanol–water partition coefficient (Wildman–Crippen LogP) is 1.09. The van der Waals surface area contributed by atoms with E-state index in [4.69, 9.17) is 0 Å². The monoisotopic (exact) mass is 262 g/mol. The number of carbonyl (C=O) groups excluding carboxylic acids is 1. The third kappa shape index (κ3) is 2.93. The summed E-state index contributed by atoms with van der Waals surface area (Å²) >= 11 is 0. The quantitative estimate of drug-likeness (QED) is 0.826. The molecular formula is C14H18N2O3. The maximum Gasteiger partial charge on any atom is 0.322 e. The van der Waals surface area contributed by atoms with E-state index in [0.29, 0.717) is 18.7 Å². The molecule has 1 fully saturated rings. The van der Waals surface area contributed by atoms with Crippen molar-refractivity contribution in [2.24, 2.45) is 0 Å². The summed E-state index contributed by atoms with van der Waals surface area (Å²) < 4.78 is 0. The van der Waals surface area contributed by atoms with Crippen molar-refractivity contribution in [1.82, 2.24) is 4.90 Å². The summed E-state index contributed by atoms with van der Waals surface area (Å²) in [7, 11) is 1.82. The topological polar surface area (TPSA) is 60.9 Å². The highest BCUT2D eigenvalue weighted by Gasteiger charge is 2.29. The van der Waals surface area contributed by atoms with Crippen LogP contribution in [-0.4, -0.2) is 54.5 Å². The van der Waals surface area contributed by atoms with Gasteiger partial charge in [0.05, 0.1) is 0 Å². The molecule has 5 nitrogen and oxygen atoms in total. The molecule has 1 heterocycles. The highest BCUT2D eigenvalue weighted by molar-refractivity contribution is 5.95. The summed E-state index contributed by atoms with van der Waals surface area (Å²) in [6.07, 6.45) is 0. The molecule has 2 rings (SSSR count). The summed E-state index contributed by atoms with van der Waals surface area (Å²) in [4.78, 5) is 26.4. The number of anilines is 1. The molecule has 19 heavy (non-hydrogen) atoms. The van der Waals surface area contributed by atoms with Gasteiger partial charge in [0.15, 0.2) is 5.78 Å². The number of carboxylic acid groups (broad SMARTS) is 1. The number of likely N-dealkylation sites (N-methyl/N-ethyl adjacent to an activating group) is 1. The number of hydrogen-bond donors (Lipinski definition) is 1. The van der Waals surface area contributed by atoms with Gasteiger partial charge in [0.1, 0.15) is 6.04 Å². The van der Waals surface area contributed by atoms with Gasteiger partial charge in [-0.25, -0.2) is 0 Å².